The second-order valence-electron chi connectivity index (χ2n) is 7.01. The van der Waals surface area contributed by atoms with Crippen LogP contribution in [0.25, 0.3) is 11.4 Å². The number of benzene rings is 2. The largest absolute Gasteiger partial charge is 0.484 e. The van der Waals surface area contributed by atoms with Crippen molar-refractivity contribution in [3.63, 3.8) is 0 Å². The Hall–Kier alpha value is -2.64. The van der Waals surface area contributed by atoms with Crippen LogP contribution in [0.5, 0.6) is 5.75 Å². The Morgan fingerprint density at radius 2 is 1.97 bits per heavy atom. The van der Waals surface area contributed by atoms with Crippen molar-refractivity contribution >= 4 is 34.8 Å². The van der Waals surface area contributed by atoms with Crippen molar-refractivity contribution in [3.8, 4) is 17.1 Å². The van der Waals surface area contributed by atoms with Gasteiger partial charge in [-0.05, 0) is 43.2 Å². The van der Waals surface area contributed by atoms with E-state index >= 15 is 0 Å². The second kappa shape index (κ2) is 9.02. The molecule has 0 spiro atoms. The van der Waals surface area contributed by atoms with Gasteiger partial charge in [-0.25, -0.2) is 4.39 Å². The summed E-state index contributed by atoms with van der Waals surface area (Å²) in [5.41, 5.74) is 0.749. The van der Waals surface area contributed by atoms with E-state index in [0.717, 1.165) is 38.1 Å². The normalized spacial score (nSPS) is 13.4. The molecule has 1 N–H and O–H groups in total. The quantitative estimate of drug-likeness (QED) is 0.586. The zero-order valence-electron chi connectivity index (χ0n) is 16.0. The summed E-state index contributed by atoms with van der Waals surface area (Å²) in [6.07, 6.45) is 4.00. The summed E-state index contributed by atoms with van der Waals surface area (Å²) in [6.45, 7) is 0.524. The first kappa shape index (κ1) is 20.6. The Bertz CT molecular complexity index is 1090. The zero-order valence-corrected chi connectivity index (χ0v) is 17.5. The number of anilines is 1. The molecule has 1 amide bonds. The van der Waals surface area contributed by atoms with E-state index in [4.69, 9.17) is 27.9 Å². The highest BCUT2D eigenvalue weighted by Crippen LogP contribution is 2.28. The van der Waals surface area contributed by atoms with E-state index in [9.17, 15) is 9.18 Å². The predicted octanol–water partition coefficient (Wildman–Crippen LogP) is 5.13. The summed E-state index contributed by atoms with van der Waals surface area (Å²) < 4.78 is 21.9. The first-order chi connectivity index (χ1) is 14.5. The van der Waals surface area contributed by atoms with Gasteiger partial charge in [-0.1, -0.05) is 29.6 Å². The molecule has 1 aliphatic rings. The number of amides is 1. The highest BCUT2D eigenvalue weighted by Gasteiger charge is 2.19. The third kappa shape index (κ3) is 4.57. The number of nitrogens with one attached hydrogen (secondary N) is 1. The molecule has 0 fully saturated rings. The standard InChI is InChI=1S/C21H19Cl2FN4O2/c22-16-7-6-14(11-17(16)23)30-12-20(29)25-13-5-8-18(24)15(10-13)21-27-26-19-4-2-1-3-9-28(19)21/h5-8,10-11H,1-4,9,12H2,(H,25,29). The Labute approximate surface area is 183 Å². The summed E-state index contributed by atoms with van der Waals surface area (Å²) in [7, 11) is 0. The fraction of sp³-hybridized carbons (Fsp3) is 0.286. The van der Waals surface area contributed by atoms with Crippen LogP contribution in [0.2, 0.25) is 10.0 Å². The van der Waals surface area contributed by atoms with Gasteiger partial charge in [0, 0.05) is 24.7 Å². The van der Waals surface area contributed by atoms with Crippen LogP contribution in [0.3, 0.4) is 0 Å². The molecule has 0 saturated carbocycles. The lowest BCUT2D eigenvalue weighted by molar-refractivity contribution is -0.118. The van der Waals surface area contributed by atoms with Crippen molar-refractivity contribution in [2.75, 3.05) is 11.9 Å². The zero-order chi connectivity index (χ0) is 21.1. The minimum atomic E-state index is -0.417. The molecular weight excluding hydrogens is 430 g/mol. The number of aromatic nitrogens is 3. The van der Waals surface area contributed by atoms with E-state index in [2.05, 4.69) is 15.5 Å². The molecule has 0 radical (unpaired) electrons. The van der Waals surface area contributed by atoms with Gasteiger partial charge in [-0.15, -0.1) is 10.2 Å². The number of rotatable bonds is 5. The van der Waals surface area contributed by atoms with Crippen LogP contribution in [0.15, 0.2) is 36.4 Å². The predicted molar refractivity (Wildman–Crippen MR) is 114 cm³/mol. The average molecular weight is 449 g/mol. The molecule has 2 heterocycles. The first-order valence-corrected chi connectivity index (χ1v) is 10.4. The number of carbonyl (C=O) groups is 1. The topological polar surface area (TPSA) is 69.0 Å². The third-order valence-electron chi connectivity index (χ3n) is 4.86. The van der Waals surface area contributed by atoms with Gasteiger partial charge in [0.2, 0.25) is 0 Å². The van der Waals surface area contributed by atoms with Gasteiger partial charge >= 0.3 is 0 Å². The van der Waals surface area contributed by atoms with Crippen LogP contribution in [-0.4, -0.2) is 27.3 Å². The highest BCUT2D eigenvalue weighted by molar-refractivity contribution is 6.42. The number of aryl methyl sites for hydroxylation is 1. The van der Waals surface area contributed by atoms with Gasteiger partial charge in [-0.2, -0.15) is 0 Å². The average Bonchev–Trinajstić information content (AvgIpc) is 2.98. The number of hydrogen-bond acceptors (Lipinski definition) is 4. The highest BCUT2D eigenvalue weighted by atomic mass is 35.5. The molecule has 1 aliphatic heterocycles. The Morgan fingerprint density at radius 1 is 1.10 bits per heavy atom. The van der Waals surface area contributed by atoms with E-state index in [1.807, 2.05) is 4.57 Å². The molecule has 0 saturated heterocycles. The van der Waals surface area contributed by atoms with Crippen molar-refractivity contribution in [2.24, 2.45) is 0 Å². The molecule has 0 aliphatic carbocycles. The smallest absolute Gasteiger partial charge is 0.262 e. The second-order valence-corrected chi connectivity index (χ2v) is 7.82. The first-order valence-electron chi connectivity index (χ1n) is 9.61. The molecule has 0 bridgehead atoms. The number of nitrogens with zero attached hydrogens (tertiary/aromatic N) is 3. The monoisotopic (exact) mass is 448 g/mol. The molecule has 156 valence electrons. The molecule has 4 rings (SSSR count). The maximum atomic E-state index is 14.5. The molecule has 0 unspecified atom stereocenters. The van der Waals surface area contributed by atoms with Gasteiger partial charge in [0.25, 0.3) is 5.91 Å². The Morgan fingerprint density at radius 3 is 2.80 bits per heavy atom. The van der Waals surface area contributed by atoms with Gasteiger partial charge in [0.1, 0.15) is 17.4 Å². The summed E-state index contributed by atoms with van der Waals surface area (Å²) in [6, 6.07) is 9.11. The summed E-state index contributed by atoms with van der Waals surface area (Å²) in [4.78, 5) is 12.3. The van der Waals surface area contributed by atoms with Gasteiger partial charge in [-0.3, -0.25) is 4.79 Å². The maximum Gasteiger partial charge on any atom is 0.262 e. The molecule has 3 aromatic rings. The van der Waals surface area contributed by atoms with E-state index in [0.29, 0.717) is 32.9 Å². The van der Waals surface area contributed by atoms with Crippen molar-refractivity contribution in [2.45, 2.75) is 32.2 Å². The van der Waals surface area contributed by atoms with Crippen LogP contribution in [0, 0.1) is 5.82 Å². The van der Waals surface area contributed by atoms with E-state index in [-0.39, 0.29) is 6.61 Å². The lowest BCUT2D eigenvalue weighted by Crippen LogP contribution is -2.20. The van der Waals surface area contributed by atoms with Crippen LogP contribution in [0.1, 0.15) is 25.1 Å². The number of ether oxygens (including phenoxy) is 1. The van der Waals surface area contributed by atoms with Crippen molar-refractivity contribution < 1.29 is 13.9 Å². The summed E-state index contributed by atoms with van der Waals surface area (Å²) in [5.74, 6) is 0.961. The van der Waals surface area contributed by atoms with Crippen LogP contribution in [0.4, 0.5) is 10.1 Å². The van der Waals surface area contributed by atoms with Crippen LogP contribution >= 0.6 is 23.2 Å². The van der Waals surface area contributed by atoms with Gasteiger partial charge < -0.3 is 14.6 Å². The number of fused-ring (bicyclic) bond motifs is 1. The number of carbonyl (C=O) groups excluding carboxylic acids is 1. The van der Waals surface area contributed by atoms with Crippen LogP contribution < -0.4 is 10.1 Å². The van der Waals surface area contributed by atoms with Crippen molar-refractivity contribution in [1.82, 2.24) is 14.8 Å². The molecule has 9 heteroatoms. The van der Waals surface area contributed by atoms with Crippen LogP contribution in [-0.2, 0) is 17.8 Å². The van der Waals surface area contributed by atoms with E-state index in [1.54, 1.807) is 18.2 Å². The lowest BCUT2D eigenvalue weighted by Gasteiger charge is -2.11. The Balaban J connectivity index is 1.47. The molecule has 30 heavy (non-hydrogen) atoms. The summed E-state index contributed by atoms with van der Waals surface area (Å²) >= 11 is 11.8. The number of hydrogen-bond donors (Lipinski definition) is 1. The van der Waals surface area contributed by atoms with E-state index < -0.39 is 11.7 Å². The fourth-order valence-electron chi connectivity index (χ4n) is 3.37. The maximum absolute atomic E-state index is 14.5. The Kier molecular flexibility index (Phi) is 6.20. The molecular formula is C21H19Cl2FN4O2. The summed E-state index contributed by atoms with van der Waals surface area (Å²) in [5, 5.41) is 11.9. The van der Waals surface area contributed by atoms with Gasteiger partial charge in [0.15, 0.2) is 12.4 Å². The minimum absolute atomic E-state index is 0.231. The molecule has 2 aromatic carbocycles. The van der Waals surface area contributed by atoms with Crippen molar-refractivity contribution in [1.29, 1.82) is 0 Å². The molecule has 6 nitrogen and oxygen atoms in total. The molecule has 0 atom stereocenters. The minimum Gasteiger partial charge on any atom is -0.484 e. The SMILES string of the molecule is O=C(COc1ccc(Cl)c(Cl)c1)Nc1ccc(F)c(-c2nnc3n2CCCCC3)c1. The number of halogens is 3. The molecule has 1 aromatic heterocycles. The van der Waals surface area contributed by atoms with Gasteiger partial charge in [0.05, 0.1) is 15.6 Å². The fourth-order valence-corrected chi connectivity index (χ4v) is 3.66. The lowest BCUT2D eigenvalue weighted by atomic mass is 10.1. The van der Waals surface area contributed by atoms with E-state index in [1.165, 1.54) is 18.2 Å². The van der Waals surface area contributed by atoms with Crippen molar-refractivity contribution in [3.05, 3.63) is 58.1 Å². The third-order valence-corrected chi connectivity index (χ3v) is 5.60.